The van der Waals surface area contributed by atoms with Crippen LogP contribution in [0.3, 0.4) is 0 Å². The molecular formula is C13H19NO3S. The Morgan fingerprint density at radius 3 is 2.94 bits per heavy atom. The smallest absolute Gasteiger partial charge is 0.307 e. The maximum Gasteiger partial charge on any atom is 0.307 e. The van der Waals surface area contributed by atoms with E-state index in [1.807, 2.05) is 4.57 Å². The van der Waals surface area contributed by atoms with Gasteiger partial charge in [-0.05, 0) is 25.2 Å². The van der Waals surface area contributed by atoms with E-state index >= 15 is 0 Å². The third-order valence-corrected chi connectivity index (χ3v) is 4.81. The Balaban J connectivity index is 1.73. The number of rotatable bonds is 3. The highest BCUT2D eigenvalue weighted by molar-refractivity contribution is 7.09. The zero-order chi connectivity index (χ0) is 12.5. The maximum atomic E-state index is 12.0. The van der Waals surface area contributed by atoms with Crippen molar-refractivity contribution in [3.63, 3.8) is 0 Å². The summed E-state index contributed by atoms with van der Waals surface area (Å²) in [5, 5.41) is 0. The van der Waals surface area contributed by atoms with Crippen LogP contribution in [-0.2, 0) is 28.9 Å². The molecule has 0 aromatic carbocycles. The van der Waals surface area contributed by atoms with Crippen molar-refractivity contribution in [2.75, 3.05) is 13.2 Å². The molecule has 1 aliphatic heterocycles. The first-order chi connectivity index (χ1) is 8.74. The number of aromatic nitrogens is 1. The molecule has 1 aromatic heterocycles. The molecule has 1 saturated heterocycles. The van der Waals surface area contributed by atoms with Gasteiger partial charge in [0.05, 0.1) is 13.2 Å². The third kappa shape index (κ3) is 2.39. The van der Waals surface area contributed by atoms with Crippen LogP contribution in [-0.4, -0.2) is 24.1 Å². The molecule has 3 rings (SSSR count). The highest BCUT2D eigenvalue weighted by atomic mass is 32.1. The summed E-state index contributed by atoms with van der Waals surface area (Å²) < 4.78 is 12.8. The van der Waals surface area contributed by atoms with Gasteiger partial charge in [-0.3, -0.25) is 4.79 Å². The first-order valence-corrected chi connectivity index (χ1v) is 7.50. The van der Waals surface area contributed by atoms with Gasteiger partial charge in [-0.25, -0.2) is 0 Å². The van der Waals surface area contributed by atoms with Crippen molar-refractivity contribution in [2.24, 2.45) is 5.92 Å². The van der Waals surface area contributed by atoms with Crippen LogP contribution in [0.15, 0.2) is 4.79 Å². The van der Waals surface area contributed by atoms with Crippen molar-refractivity contribution in [3.8, 4) is 0 Å². The van der Waals surface area contributed by atoms with E-state index < -0.39 is 0 Å². The van der Waals surface area contributed by atoms with Crippen molar-refractivity contribution in [1.82, 2.24) is 4.57 Å². The quantitative estimate of drug-likeness (QED) is 0.840. The molecule has 1 aromatic rings. The standard InChI is InChI=1S/C13H19NO3S/c1-9-2-3-10-11(8-9)18-13(15)14(10)5-4-12-16-6-7-17-12/h9,12H,2-8H2,1H3/t9-/m1/s1. The van der Waals surface area contributed by atoms with Crippen molar-refractivity contribution in [3.05, 3.63) is 20.2 Å². The lowest BCUT2D eigenvalue weighted by atomic mass is 9.93. The summed E-state index contributed by atoms with van der Waals surface area (Å²) in [7, 11) is 0. The lowest BCUT2D eigenvalue weighted by Crippen LogP contribution is -2.22. The molecule has 2 heterocycles. The fraction of sp³-hybridized carbons (Fsp3) is 0.769. The molecule has 1 aliphatic carbocycles. The van der Waals surface area contributed by atoms with Gasteiger partial charge in [0, 0.05) is 23.5 Å². The molecule has 4 nitrogen and oxygen atoms in total. The number of hydrogen-bond acceptors (Lipinski definition) is 4. The van der Waals surface area contributed by atoms with Crippen LogP contribution in [0.25, 0.3) is 0 Å². The molecule has 0 unspecified atom stereocenters. The molecule has 18 heavy (non-hydrogen) atoms. The molecule has 2 aliphatic rings. The summed E-state index contributed by atoms with van der Waals surface area (Å²) in [5.41, 5.74) is 1.26. The van der Waals surface area contributed by atoms with Crippen LogP contribution in [0, 0.1) is 5.92 Å². The molecule has 1 fully saturated rings. The van der Waals surface area contributed by atoms with E-state index in [9.17, 15) is 4.79 Å². The highest BCUT2D eigenvalue weighted by Crippen LogP contribution is 2.27. The average Bonchev–Trinajstić information content (AvgIpc) is 2.93. The second kappa shape index (κ2) is 5.15. The van der Waals surface area contributed by atoms with Gasteiger partial charge < -0.3 is 14.0 Å². The zero-order valence-electron chi connectivity index (χ0n) is 10.7. The Morgan fingerprint density at radius 1 is 1.39 bits per heavy atom. The molecule has 0 radical (unpaired) electrons. The van der Waals surface area contributed by atoms with Crippen LogP contribution in [0.4, 0.5) is 0 Å². The van der Waals surface area contributed by atoms with E-state index in [1.165, 1.54) is 28.3 Å². The lowest BCUT2D eigenvalue weighted by molar-refractivity contribution is -0.0492. The number of fused-ring (bicyclic) bond motifs is 1. The van der Waals surface area contributed by atoms with Gasteiger partial charge in [0.2, 0.25) is 0 Å². The van der Waals surface area contributed by atoms with Crippen molar-refractivity contribution in [1.29, 1.82) is 0 Å². The van der Waals surface area contributed by atoms with E-state index in [0.717, 1.165) is 25.8 Å². The molecule has 0 bridgehead atoms. The monoisotopic (exact) mass is 269 g/mol. The number of nitrogens with zero attached hydrogens (tertiary/aromatic N) is 1. The van der Waals surface area contributed by atoms with Gasteiger partial charge >= 0.3 is 4.87 Å². The van der Waals surface area contributed by atoms with E-state index in [2.05, 4.69) is 6.92 Å². The van der Waals surface area contributed by atoms with Gasteiger partial charge in [-0.15, -0.1) is 0 Å². The van der Waals surface area contributed by atoms with Crippen molar-refractivity contribution < 1.29 is 9.47 Å². The Labute approximate surface area is 111 Å². The number of hydrogen-bond donors (Lipinski definition) is 0. The summed E-state index contributed by atoms with van der Waals surface area (Å²) in [4.78, 5) is 13.5. The second-order valence-corrected chi connectivity index (χ2v) is 6.24. The topological polar surface area (TPSA) is 40.5 Å². The Kier molecular flexibility index (Phi) is 3.54. The van der Waals surface area contributed by atoms with Gasteiger partial charge in [0.15, 0.2) is 6.29 Å². The van der Waals surface area contributed by atoms with Gasteiger partial charge in [-0.1, -0.05) is 18.3 Å². The van der Waals surface area contributed by atoms with Crippen LogP contribution < -0.4 is 4.87 Å². The van der Waals surface area contributed by atoms with Gasteiger partial charge in [-0.2, -0.15) is 0 Å². The third-order valence-electron chi connectivity index (χ3n) is 3.77. The average molecular weight is 269 g/mol. The minimum atomic E-state index is -0.116. The molecule has 0 spiro atoms. The van der Waals surface area contributed by atoms with Crippen molar-refractivity contribution in [2.45, 2.75) is 45.4 Å². The van der Waals surface area contributed by atoms with Crippen LogP contribution in [0.2, 0.25) is 0 Å². The lowest BCUT2D eigenvalue weighted by Gasteiger charge is -2.19. The molecule has 1 atom stereocenters. The van der Waals surface area contributed by atoms with E-state index in [-0.39, 0.29) is 11.2 Å². The maximum absolute atomic E-state index is 12.0. The van der Waals surface area contributed by atoms with Gasteiger partial charge in [0.1, 0.15) is 0 Å². The molecular weight excluding hydrogens is 250 g/mol. The van der Waals surface area contributed by atoms with Crippen LogP contribution in [0.5, 0.6) is 0 Å². The first kappa shape index (κ1) is 12.4. The Morgan fingerprint density at radius 2 is 2.17 bits per heavy atom. The summed E-state index contributed by atoms with van der Waals surface area (Å²) in [5.74, 6) is 0.713. The number of ether oxygens (including phenoxy) is 2. The summed E-state index contributed by atoms with van der Waals surface area (Å²) >= 11 is 1.43. The SMILES string of the molecule is C[C@@H]1CCc2c(sc(=O)n2CCC2OCCO2)C1. The van der Waals surface area contributed by atoms with E-state index in [4.69, 9.17) is 9.47 Å². The first-order valence-electron chi connectivity index (χ1n) is 6.68. The minimum absolute atomic E-state index is 0.116. The predicted molar refractivity (Wildman–Crippen MR) is 70.1 cm³/mol. The summed E-state index contributed by atoms with van der Waals surface area (Å²) in [6.45, 7) is 4.35. The molecule has 0 N–H and O–H groups in total. The van der Waals surface area contributed by atoms with E-state index in [0.29, 0.717) is 19.1 Å². The summed E-state index contributed by atoms with van der Waals surface area (Å²) in [6, 6.07) is 0. The Hall–Kier alpha value is -0.650. The highest BCUT2D eigenvalue weighted by Gasteiger charge is 2.23. The zero-order valence-corrected chi connectivity index (χ0v) is 11.5. The van der Waals surface area contributed by atoms with Crippen LogP contribution in [0.1, 0.15) is 30.3 Å². The molecule has 0 saturated carbocycles. The molecule has 100 valence electrons. The fourth-order valence-corrected chi connectivity index (χ4v) is 3.97. The van der Waals surface area contributed by atoms with E-state index in [1.54, 1.807) is 0 Å². The second-order valence-electron chi connectivity index (χ2n) is 5.20. The van der Waals surface area contributed by atoms with Gasteiger partial charge in [0.25, 0.3) is 0 Å². The number of thiazole rings is 1. The largest absolute Gasteiger partial charge is 0.350 e. The normalized spacial score (nSPS) is 24.4. The fourth-order valence-electron chi connectivity index (χ4n) is 2.75. The minimum Gasteiger partial charge on any atom is -0.350 e. The predicted octanol–water partition coefficient (Wildman–Crippen LogP) is 1.80. The molecule has 5 heteroatoms. The molecule has 0 amide bonds. The Bertz CT molecular complexity index is 473. The van der Waals surface area contributed by atoms with Crippen LogP contribution >= 0.6 is 11.3 Å². The summed E-state index contributed by atoms with van der Waals surface area (Å²) in [6.07, 6.45) is 3.97. The van der Waals surface area contributed by atoms with Crippen molar-refractivity contribution >= 4 is 11.3 Å².